The van der Waals surface area contributed by atoms with Crippen molar-refractivity contribution in [2.75, 3.05) is 0 Å². The Hall–Kier alpha value is 0.00636. The Morgan fingerprint density at radius 2 is 1.43 bits per heavy atom. The predicted molar refractivity (Wildman–Crippen MR) is 42.8 cm³/mol. The molecule has 1 radical (unpaired) electrons. The van der Waals surface area contributed by atoms with E-state index < -0.39 is 36.4 Å². The molecule has 0 aromatic rings. The van der Waals surface area contributed by atoms with Crippen LogP contribution in [0.4, 0.5) is 0 Å². The molecule has 0 aliphatic carbocycles. The van der Waals surface area contributed by atoms with Crippen molar-refractivity contribution in [2.45, 2.75) is 12.5 Å². The fraction of sp³-hybridized carbons (Fsp3) is 0.500. The van der Waals surface area contributed by atoms with Gasteiger partial charge in [0.05, 0.1) is 6.42 Å². The summed E-state index contributed by atoms with van der Waals surface area (Å²) in [6.45, 7) is 0. The number of hydrogen-bond donors (Lipinski definition) is 4. The molecule has 75 valence electrons. The maximum atomic E-state index is 10.3. The zero-order valence-corrected chi connectivity index (χ0v) is 10.5. The number of carbonyl (C=O) groups is 3. The minimum atomic E-state index is -2.20. The van der Waals surface area contributed by atoms with E-state index in [2.05, 4.69) is 0 Å². The van der Waals surface area contributed by atoms with Gasteiger partial charge in [-0.2, -0.15) is 0 Å². The first-order valence-corrected chi connectivity index (χ1v) is 3.21. The van der Waals surface area contributed by atoms with E-state index in [0.717, 1.165) is 0 Å². The summed E-state index contributed by atoms with van der Waals surface area (Å²) < 4.78 is 0. The Morgan fingerprint density at radius 1 is 1.00 bits per heavy atom. The Balaban J connectivity index is 0. The van der Waals surface area contributed by atoms with Crippen LogP contribution in [0.3, 0.4) is 0 Å². The monoisotopic (exact) mass is 231 g/mol. The van der Waals surface area contributed by atoms with Gasteiger partial charge in [0.2, 0.25) is 0 Å². The largest absolute Gasteiger partial charge is 0.481 e. The SMILES string of the molecule is O=C(O)C[C@H](C(=O)O)[C@@H](O)C(=O)O.[K]. The maximum absolute atomic E-state index is 10.3. The second-order valence-corrected chi connectivity index (χ2v) is 2.33. The predicted octanol–water partition coefficient (Wildman–Crippen LogP) is -1.77. The van der Waals surface area contributed by atoms with E-state index in [0.29, 0.717) is 0 Å². The number of aliphatic hydroxyl groups is 1. The summed E-state index contributed by atoms with van der Waals surface area (Å²) in [5.41, 5.74) is 0. The summed E-state index contributed by atoms with van der Waals surface area (Å²) >= 11 is 0. The standard InChI is InChI=1S/C6H8O7.K/c7-3(8)1-2(5(10)11)4(9)6(12)13;/h2,4,9H,1H2,(H,7,8)(H,10,11)(H,12,13);/t2-,4+;/m0./s1. The third kappa shape index (κ3) is 5.68. The van der Waals surface area contributed by atoms with E-state index in [1.54, 1.807) is 0 Å². The van der Waals surface area contributed by atoms with E-state index in [4.69, 9.17) is 20.4 Å². The molecule has 7 nitrogen and oxygen atoms in total. The minimum absolute atomic E-state index is 0. The quantitative estimate of drug-likeness (QED) is 0.411. The van der Waals surface area contributed by atoms with Crippen molar-refractivity contribution in [3.05, 3.63) is 0 Å². The number of carboxylic acids is 3. The fourth-order valence-corrected chi connectivity index (χ4v) is 0.694. The maximum Gasteiger partial charge on any atom is 0.333 e. The van der Waals surface area contributed by atoms with Crippen LogP contribution in [0.25, 0.3) is 0 Å². The first-order valence-electron chi connectivity index (χ1n) is 3.21. The van der Waals surface area contributed by atoms with E-state index in [1.807, 2.05) is 0 Å². The van der Waals surface area contributed by atoms with Gasteiger partial charge in [-0.25, -0.2) is 4.79 Å². The molecular weight excluding hydrogens is 223 g/mol. The molecule has 14 heavy (non-hydrogen) atoms. The van der Waals surface area contributed by atoms with Gasteiger partial charge in [-0.3, -0.25) is 9.59 Å². The van der Waals surface area contributed by atoms with Crippen LogP contribution < -0.4 is 0 Å². The first kappa shape index (κ1) is 16.4. The Labute approximate surface area is 121 Å². The second-order valence-electron chi connectivity index (χ2n) is 2.33. The van der Waals surface area contributed by atoms with Crippen molar-refractivity contribution >= 4 is 69.3 Å². The summed E-state index contributed by atoms with van der Waals surface area (Å²) in [6, 6.07) is 0. The van der Waals surface area contributed by atoms with Crippen molar-refractivity contribution < 1.29 is 34.8 Å². The van der Waals surface area contributed by atoms with Gasteiger partial charge >= 0.3 is 17.9 Å². The van der Waals surface area contributed by atoms with Gasteiger partial charge < -0.3 is 20.4 Å². The summed E-state index contributed by atoms with van der Waals surface area (Å²) in [5, 5.41) is 33.5. The fourth-order valence-electron chi connectivity index (χ4n) is 0.694. The van der Waals surface area contributed by atoms with Crippen LogP contribution in [0.1, 0.15) is 6.42 Å². The topological polar surface area (TPSA) is 132 Å². The van der Waals surface area contributed by atoms with Crippen molar-refractivity contribution in [1.29, 1.82) is 0 Å². The van der Waals surface area contributed by atoms with Crippen molar-refractivity contribution in [3.8, 4) is 0 Å². The van der Waals surface area contributed by atoms with Gasteiger partial charge in [0.1, 0.15) is 5.92 Å². The Bertz CT molecular complexity index is 238. The van der Waals surface area contributed by atoms with Crippen LogP contribution >= 0.6 is 0 Å². The van der Waals surface area contributed by atoms with E-state index in [9.17, 15) is 14.4 Å². The molecule has 0 spiro atoms. The molecule has 0 bridgehead atoms. The molecular formula is C6H8KO7. The van der Waals surface area contributed by atoms with Gasteiger partial charge in [0.15, 0.2) is 6.10 Å². The molecule has 0 fully saturated rings. The van der Waals surface area contributed by atoms with Crippen molar-refractivity contribution in [1.82, 2.24) is 0 Å². The third-order valence-electron chi connectivity index (χ3n) is 1.35. The molecule has 0 unspecified atom stereocenters. The molecule has 0 aliphatic heterocycles. The molecule has 8 heteroatoms. The van der Waals surface area contributed by atoms with Gasteiger partial charge in [-0.05, 0) is 0 Å². The molecule has 2 atom stereocenters. The van der Waals surface area contributed by atoms with E-state index in [1.165, 1.54) is 0 Å². The molecule has 0 saturated carbocycles. The molecule has 0 heterocycles. The molecule has 0 rings (SSSR count). The zero-order valence-electron chi connectivity index (χ0n) is 7.38. The van der Waals surface area contributed by atoms with E-state index >= 15 is 0 Å². The smallest absolute Gasteiger partial charge is 0.333 e. The number of carboxylic acid groups (broad SMARTS) is 3. The average Bonchev–Trinajstić information content (AvgIpc) is 1.97. The van der Waals surface area contributed by atoms with Crippen LogP contribution in [0.5, 0.6) is 0 Å². The normalized spacial score (nSPS) is 13.5. The Kier molecular flexibility index (Phi) is 8.59. The van der Waals surface area contributed by atoms with Gasteiger partial charge in [0.25, 0.3) is 0 Å². The summed E-state index contributed by atoms with van der Waals surface area (Å²) in [7, 11) is 0. The van der Waals surface area contributed by atoms with Gasteiger partial charge in [-0.15, -0.1) is 0 Å². The van der Waals surface area contributed by atoms with Crippen molar-refractivity contribution in [2.24, 2.45) is 5.92 Å². The van der Waals surface area contributed by atoms with Crippen molar-refractivity contribution in [3.63, 3.8) is 0 Å². The minimum Gasteiger partial charge on any atom is -0.481 e. The molecule has 0 saturated heterocycles. The number of aliphatic hydroxyl groups excluding tert-OH is 1. The number of hydrogen-bond acceptors (Lipinski definition) is 4. The van der Waals surface area contributed by atoms with Crippen LogP contribution in [-0.4, -0.2) is 95.8 Å². The van der Waals surface area contributed by atoms with E-state index in [-0.39, 0.29) is 51.4 Å². The average molecular weight is 231 g/mol. The summed E-state index contributed by atoms with van der Waals surface area (Å²) in [4.78, 5) is 30.5. The number of rotatable bonds is 5. The van der Waals surface area contributed by atoms with Gasteiger partial charge in [-0.1, -0.05) is 0 Å². The van der Waals surface area contributed by atoms with Crippen LogP contribution in [0, 0.1) is 5.92 Å². The molecule has 0 aliphatic rings. The number of aliphatic carboxylic acids is 3. The summed E-state index contributed by atoms with van der Waals surface area (Å²) in [6.07, 6.45) is -3.13. The van der Waals surface area contributed by atoms with Gasteiger partial charge in [0, 0.05) is 51.4 Å². The van der Waals surface area contributed by atoms with Crippen LogP contribution in [0.15, 0.2) is 0 Å². The van der Waals surface area contributed by atoms with Crippen LogP contribution in [-0.2, 0) is 14.4 Å². The first-order chi connectivity index (χ1) is 5.86. The molecule has 0 amide bonds. The summed E-state index contributed by atoms with van der Waals surface area (Å²) in [5.74, 6) is -6.71. The second kappa shape index (κ2) is 7.32. The van der Waals surface area contributed by atoms with Crippen LogP contribution in [0.2, 0.25) is 0 Å². The molecule has 0 aromatic carbocycles. The molecule has 0 aromatic heterocycles. The zero-order chi connectivity index (χ0) is 10.6. The third-order valence-corrected chi connectivity index (χ3v) is 1.35. The molecule has 4 N–H and O–H groups in total. The Morgan fingerprint density at radius 3 is 1.64 bits per heavy atom.